The molecule has 0 aliphatic carbocycles. The molecule has 0 saturated heterocycles. The number of hydrazone groups is 1. The maximum absolute atomic E-state index is 13.2. The predicted octanol–water partition coefficient (Wildman–Crippen LogP) is 2.11. The van der Waals surface area contributed by atoms with Crippen molar-refractivity contribution in [3.05, 3.63) is 0 Å². The Morgan fingerprint density at radius 1 is 1.25 bits per heavy atom. The number of nitrogens with zero attached hydrogens (tertiary/aromatic N) is 3. The van der Waals surface area contributed by atoms with E-state index in [2.05, 4.69) is 5.10 Å². The summed E-state index contributed by atoms with van der Waals surface area (Å²) in [6.07, 6.45) is -6.20. The molecule has 0 amide bonds. The normalized spacial score (nSPS) is 22.1. The Hall–Kier alpha value is -1.08. The zero-order valence-corrected chi connectivity index (χ0v) is 8.80. The number of hydrogen-bond donors (Lipinski definition) is 0. The third kappa shape index (κ3) is 2.05. The smallest absolute Gasteiger partial charge is 0.334 e. The molecule has 0 spiro atoms. The first-order valence-electron chi connectivity index (χ1n) is 4.69. The van der Waals surface area contributed by atoms with Gasteiger partial charge in [0, 0.05) is 13.6 Å². The van der Waals surface area contributed by atoms with Crippen molar-refractivity contribution in [1.29, 1.82) is 0 Å². The van der Waals surface area contributed by atoms with Crippen molar-refractivity contribution in [2.24, 2.45) is 5.10 Å². The highest BCUT2D eigenvalue weighted by atomic mass is 19.4. The van der Waals surface area contributed by atoms with Gasteiger partial charge in [-0.2, -0.15) is 27.1 Å². The van der Waals surface area contributed by atoms with Gasteiger partial charge in [0.2, 0.25) is 0 Å². The molecule has 0 aromatic carbocycles. The molecule has 1 aliphatic rings. The molecule has 3 nitrogen and oxygen atoms in total. The summed E-state index contributed by atoms with van der Waals surface area (Å²) in [5.74, 6) is -4.81. The lowest BCUT2D eigenvalue weighted by Gasteiger charge is -2.35. The fourth-order valence-corrected chi connectivity index (χ4v) is 1.52. The quantitative estimate of drug-likeness (QED) is 0.709. The third-order valence-electron chi connectivity index (χ3n) is 2.23. The van der Waals surface area contributed by atoms with Crippen LogP contribution in [-0.2, 0) is 0 Å². The summed E-state index contributed by atoms with van der Waals surface area (Å²) in [7, 11) is 1.09. The molecule has 0 saturated carbocycles. The van der Waals surface area contributed by atoms with Gasteiger partial charge >= 0.3 is 12.1 Å². The van der Waals surface area contributed by atoms with E-state index in [1.54, 1.807) is 6.92 Å². The van der Waals surface area contributed by atoms with Crippen LogP contribution in [0.25, 0.3) is 0 Å². The second-order valence-electron chi connectivity index (χ2n) is 3.54. The number of alkyl halides is 5. The molecule has 94 valence electrons. The van der Waals surface area contributed by atoms with Crippen LogP contribution in [0, 0.1) is 0 Å². The molecule has 1 heterocycles. The summed E-state index contributed by atoms with van der Waals surface area (Å²) < 4.78 is 63.0. The zero-order chi connectivity index (χ0) is 12.6. The van der Waals surface area contributed by atoms with Gasteiger partial charge in [0.1, 0.15) is 6.34 Å². The molecule has 0 N–H and O–H groups in total. The van der Waals surface area contributed by atoms with Gasteiger partial charge in [0.25, 0.3) is 0 Å². The lowest BCUT2D eigenvalue weighted by atomic mass is 10.2. The topological polar surface area (TPSA) is 18.8 Å². The van der Waals surface area contributed by atoms with Crippen LogP contribution in [0.1, 0.15) is 13.3 Å². The monoisotopic (exact) mass is 245 g/mol. The van der Waals surface area contributed by atoms with Gasteiger partial charge in [0.05, 0.1) is 0 Å². The summed E-state index contributed by atoms with van der Waals surface area (Å²) in [5, 5.41) is 4.08. The van der Waals surface area contributed by atoms with Gasteiger partial charge in [-0.05, 0) is 6.42 Å². The van der Waals surface area contributed by atoms with E-state index in [1.165, 1.54) is 0 Å². The SMILES string of the molecule is CCCN1C=NN(C)C1C(F)(F)C(F)(F)F. The molecule has 1 rings (SSSR count). The van der Waals surface area contributed by atoms with E-state index in [4.69, 9.17) is 0 Å². The predicted molar refractivity (Wildman–Crippen MR) is 48.0 cm³/mol. The molecule has 0 fully saturated rings. The first-order valence-corrected chi connectivity index (χ1v) is 4.69. The third-order valence-corrected chi connectivity index (χ3v) is 2.23. The lowest BCUT2D eigenvalue weighted by molar-refractivity contribution is -0.312. The van der Waals surface area contributed by atoms with E-state index in [1.807, 2.05) is 0 Å². The largest absolute Gasteiger partial charge is 0.457 e. The van der Waals surface area contributed by atoms with Crippen LogP contribution in [-0.4, -0.2) is 48.1 Å². The first kappa shape index (κ1) is 13.0. The van der Waals surface area contributed by atoms with Crippen molar-refractivity contribution in [3.63, 3.8) is 0 Å². The van der Waals surface area contributed by atoms with Crippen molar-refractivity contribution in [2.45, 2.75) is 31.6 Å². The molecule has 16 heavy (non-hydrogen) atoms. The van der Waals surface area contributed by atoms with E-state index in [9.17, 15) is 22.0 Å². The van der Waals surface area contributed by atoms with Crippen LogP contribution in [0.4, 0.5) is 22.0 Å². The van der Waals surface area contributed by atoms with Gasteiger partial charge < -0.3 is 4.90 Å². The second-order valence-corrected chi connectivity index (χ2v) is 3.54. The second kappa shape index (κ2) is 4.06. The number of hydrogen-bond acceptors (Lipinski definition) is 3. The highest BCUT2D eigenvalue weighted by Crippen LogP contribution is 2.41. The van der Waals surface area contributed by atoms with Gasteiger partial charge in [-0.1, -0.05) is 6.92 Å². The van der Waals surface area contributed by atoms with Crippen LogP contribution >= 0.6 is 0 Å². The van der Waals surface area contributed by atoms with Crippen LogP contribution in [0.5, 0.6) is 0 Å². The van der Waals surface area contributed by atoms with E-state index in [0.717, 1.165) is 18.3 Å². The number of rotatable bonds is 3. The van der Waals surface area contributed by atoms with Crippen molar-refractivity contribution >= 4 is 6.34 Å². The van der Waals surface area contributed by atoms with Crippen LogP contribution < -0.4 is 0 Å². The minimum atomic E-state index is -5.58. The molecule has 1 atom stereocenters. The Morgan fingerprint density at radius 2 is 1.81 bits per heavy atom. The highest BCUT2D eigenvalue weighted by Gasteiger charge is 2.66. The Morgan fingerprint density at radius 3 is 2.25 bits per heavy atom. The van der Waals surface area contributed by atoms with Crippen molar-refractivity contribution in [3.8, 4) is 0 Å². The molecule has 0 radical (unpaired) electrons. The fraction of sp³-hybridized carbons (Fsp3) is 0.875. The van der Waals surface area contributed by atoms with Crippen LogP contribution in [0.15, 0.2) is 5.10 Å². The molecule has 1 aliphatic heterocycles. The summed E-state index contributed by atoms with van der Waals surface area (Å²) in [6, 6.07) is 0. The number of halogens is 5. The average molecular weight is 245 g/mol. The van der Waals surface area contributed by atoms with Gasteiger partial charge in [-0.25, -0.2) is 0 Å². The fourth-order valence-electron chi connectivity index (χ4n) is 1.52. The average Bonchev–Trinajstić information content (AvgIpc) is 2.46. The molecular weight excluding hydrogens is 233 g/mol. The first-order chi connectivity index (χ1) is 7.21. The molecule has 0 aromatic heterocycles. The standard InChI is InChI=1S/C8H12F5N3/c1-3-4-16-5-14-15(2)6(16)7(9,10)8(11,12)13/h5-6H,3-4H2,1-2H3. The van der Waals surface area contributed by atoms with Crippen LogP contribution in [0.3, 0.4) is 0 Å². The molecular formula is C8H12F5N3. The molecule has 8 heteroatoms. The summed E-state index contributed by atoms with van der Waals surface area (Å²) >= 11 is 0. The van der Waals surface area contributed by atoms with Gasteiger partial charge in [-0.15, -0.1) is 0 Å². The Kier molecular flexibility index (Phi) is 3.30. The lowest BCUT2D eigenvalue weighted by Crippen LogP contribution is -2.58. The minimum Gasteiger partial charge on any atom is -0.334 e. The summed E-state index contributed by atoms with van der Waals surface area (Å²) in [4.78, 5) is 0.896. The Labute approximate surface area is 89.5 Å². The van der Waals surface area contributed by atoms with Crippen LogP contribution in [0.2, 0.25) is 0 Å². The van der Waals surface area contributed by atoms with E-state index in [0.29, 0.717) is 11.4 Å². The molecule has 0 bridgehead atoms. The van der Waals surface area contributed by atoms with E-state index < -0.39 is 18.3 Å². The zero-order valence-electron chi connectivity index (χ0n) is 8.80. The highest BCUT2D eigenvalue weighted by molar-refractivity contribution is 5.57. The van der Waals surface area contributed by atoms with Crippen molar-refractivity contribution < 1.29 is 22.0 Å². The molecule has 1 unspecified atom stereocenters. The Bertz CT molecular complexity index is 275. The Balaban J connectivity index is 2.93. The van der Waals surface area contributed by atoms with Crippen molar-refractivity contribution in [2.75, 3.05) is 13.6 Å². The summed E-state index contributed by atoms with van der Waals surface area (Å²) in [6.45, 7) is 1.79. The van der Waals surface area contributed by atoms with Crippen molar-refractivity contribution in [1.82, 2.24) is 9.91 Å². The minimum absolute atomic E-state index is 0.101. The van der Waals surface area contributed by atoms with Gasteiger partial charge in [-0.3, -0.25) is 5.01 Å². The van der Waals surface area contributed by atoms with E-state index >= 15 is 0 Å². The van der Waals surface area contributed by atoms with Gasteiger partial charge in [0.15, 0.2) is 6.17 Å². The van der Waals surface area contributed by atoms with E-state index in [-0.39, 0.29) is 6.54 Å². The molecule has 0 aromatic rings. The maximum atomic E-state index is 13.2. The maximum Gasteiger partial charge on any atom is 0.457 e. The summed E-state index contributed by atoms with van der Waals surface area (Å²) in [5.41, 5.74) is 0.